The number of carbonyl (C=O) groups excluding carboxylic acids is 2. The van der Waals surface area contributed by atoms with Crippen LogP contribution in [0.2, 0.25) is 0 Å². The van der Waals surface area contributed by atoms with E-state index in [1.165, 1.54) is 38.9 Å². The van der Waals surface area contributed by atoms with E-state index in [0.29, 0.717) is 18.8 Å². The molecule has 1 spiro atoms. The molecule has 2 aliphatic rings. The Morgan fingerprint density at radius 2 is 2.10 bits per heavy atom. The van der Waals surface area contributed by atoms with Crippen molar-refractivity contribution in [1.82, 2.24) is 5.32 Å². The van der Waals surface area contributed by atoms with Crippen LogP contribution in [0.15, 0.2) is 34.9 Å². The van der Waals surface area contributed by atoms with Crippen LogP contribution >= 0.6 is 23.2 Å². The quantitative estimate of drug-likeness (QED) is 0.200. The number of hydrogen-bond donors (Lipinski definition) is 1. The zero-order valence-corrected chi connectivity index (χ0v) is 20.5. The molecule has 0 aromatic heterocycles. The van der Waals surface area contributed by atoms with Gasteiger partial charge in [0.25, 0.3) is 0 Å². The van der Waals surface area contributed by atoms with Crippen molar-refractivity contribution in [1.29, 1.82) is 0 Å². The van der Waals surface area contributed by atoms with Crippen molar-refractivity contribution >= 4 is 34.9 Å². The molecule has 1 aliphatic heterocycles. The van der Waals surface area contributed by atoms with Gasteiger partial charge in [-0.3, -0.25) is 9.59 Å². The number of halogens is 2. The lowest BCUT2D eigenvalue weighted by Crippen LogP contribution is -2.41. The lowest BCUT2D eigenvalue weighted by atomic mass is 9.86. The monoisotopic (exact) mass is 471 g/mol. The molecule has 0 saturated carbocycles. The Labute approximate surface area is 196 Å². The van der Waals surface area contributed by atoms with Crippen molar-refractivity contribution in [3.8, 4) is 0 Å². The number of ketones is 1. The number of ether oxygens (including phenoxy) is 2. The minimum Gasteiger partial charge on any atom is -0.354 e. The highest BCUT2D eigenvalue weighted by Crippen LogP contribution is 2.42. The summed E-state index contributed by atoms with van der Waals surface area (Å²) >= 11 is 12.2. The van der Waals surface area contributed by atoms with E-state index in [9.17, 15) is 9.59 Å². The molecular formula is C24H35Cl2NO4. The average molecular weight is 472 g/mol. The lowest BCUT2D eigenvalue weighted by molar-refractivity contribution is -0.152. The minimum absolute atomic E-state index is 0.0672. The Morgan fingerprint density at radius 1 is 1.35 bits per heavy atom. The Morgan fingerprint density at radius 3 is 2.74 bits per heavy atom. The third-order valence-corrected chi connectivity index (χ3v) is 6.45. The third kappa shape index (κ3) is 7.74. The van der Waals surface area contributed by atoms with Gasteiger partial charge in [0.2, 0.25) is 5.91 Å². The molecule has 2 rings (SSSR count). The summed E-state index contributed by atoms with van der Waals surface area (Å²) in [7, 11) is 1.52. The Hall–Kier alpha value is -1.14. The van der Waals surface area contributed by atoms with E-state index in [4.69, 9.17) is 32.7 Å². The maximum atomic E-state index is 12.5. The topological polar surface area (TPSA) is 64.6 Å². The van der Waals surface area contributed by atoms with Gasteiger partial charge >= 0.3 is 0 Å². The fraction of sp³-hybridized carbons (Fsp3) is 0.667. The molecule has 7 heteroatoms. The molecule has 31 heavy (non-hydrogen) atoms. The molecular weight excluding hydrogens is 437 g/mol. The first-order valence-corrected chi connectivity index (χ1v) is 12.0. The zero-order valence-electron chi connectivity index (χ0n) is 19.0. The van der Waals surface area contributed by atoms with Gasteiger partial charge in [-0.25, -0.2) is 0 Å². The second kappa shape index (κ2) is 12.2. The maximum absolute atomic E-state index is 12.5. The van der Waals surface area contributed by atoms with Gasteiger partial charge < -0.3 is 14.8 Å². The highest BCUT2D eigenvalue weighted by Gasteiger charge is 2.50. The van der Waals surface area contributed by atoms with Crippen molar-refractivity contribution in [2.24, 2.45) is 5.92 Å². The highest BCUT2D eigenvalue weighted by atomic mass is 35.5. The smallest absolute Gasteiger partial charge is 0.244 e. The molecule has 0 aromatic rings. The van der Waals surface area contributed by atoms with E-state index >= 15 is 0 Å². The van der Waals surface area contributed by atoms with Crippen LogP contribution in [0.1, 0.15) is 65.7 Å². The standard InChI is InChI=1S/C24H35Cl2NO4/c1-5-6-7-8-9-16(2)12-17(3)10-11-21(28)27-20-15-24(31-23(20)30-4)13-18(25)22(29)19(26)14-24/h10-13,16,19-20,23H,5-9,14-15H2,1-4H3,(H,27,28). The number of nitrogens with one attached hydrogen (secondary N) is 1. The summed E-state index contributed by atoms with van der Waals surface area (Å²) in [4.78, 5) is 24.4. The number of methoxy groups -OCH3 is 1. The average Bonchev–Trinajstić information content (AvgIpc) is 3.04. The van der Waals surface area contributed by atoms with E-state index in [1.807, 2.05) is 13.0 Å². The normalized spacial score (nSPS) is 30.1. The number of hydrogen-bond acceptors (Lipinski definition) is 4. The molecule has 5 unspecified atom stereocenters. The molecule has 1 aliphatic carbocycles. The molecule has 1 heterocycles. The second-order valence-corrected chi connectivity index (χ2v) is 9.64. The van der Waals surface area contributed by atoms with Crippen LogP contribution in [0.3, 0.4) is 0 Å². The summed E-state index contributed by atoms with van der Waals surface area (Å²) in [6.07, 6.45) is 13.4. The number of alkyl halides is 1. The predicted octanol–water partition coefficient (Wildman–Crippen LogP) is 5.41. The molecule has 1 amide bonds. The Kier molecular flexibility index (Phi) is 10.3. The fourth-order valence-electron chi connectivity index (χ4n) is 4.21. The number of carbonyl (C=O) groups is 2. The lowest BCUT2D eigenvalue weighted by Gasteiger charge is -2.31. The van der Waals surface area contributed by atoms with Crippen molar-refractivity contribution < 1.29 is 19.1 Å². The number of Topliss-reactive ketones (excluding diaryl/α,β-unsaturated/α-hetero) is 1. The van der Waals surface area contributed by atoms with Gasteiger partial charge in [-0.1, -0.05) is 68.9 Å². The first-order chi connectivity index (χ1) is 14.7. The van der Waals surface area contributed by atoms with Crippen LogP contribution in [-0.4, -0.2) is 42.1 Å². The van der Waals surface area contributed by atoms with Crippen molar-refractivity contribution in [3.63, 3.8) is 0 Å². The van der Waals surface area contributed by atoms with Crippen LogP contribution < -0.4 is 5.32 Å². The summed E-state index contributed by atoms with van der Waals surface area (Å²) in [5, 5.41) is 2.26. The van der Waals surface area contributed by atoms with E-state index in [1.54, 1.807) is 6.08 Å². The molecule has 0 aromatic carbocycles. The number of amides is 1. The molecule has 1 saturated heterocycles. The Balaban J connectivity index is 1.92. The first-order valence-electron chi connectivity index (χ1n) is 11.1. The first kappa shape index (κ1) is 26.1. The molecule has 5 nitrogen and oxygen atoms in total. The largest absolute Gasteiger partial charge is 0.354 e. The van der Waals surface area contributed by atoms with E-state index in [2.05, 4.69) is 25.2 Å². The number of allylic oxidation sites excluding steroid dienone is 4. The summed E-state index contributed by atoms with van der Waals surface area (Å²) in [6, 6.07) is -0.373. The van der Waals surface area contributed by atoms with Crippen molar-refractivity contribution in [2.45, 2.75) is 89.0 Å². The van der Waals surface area contributed by atoms with Gasteiger partial charge in [-0.05, 0) is 25.3 Å². The molecule has 1 fully saturated rings. The van der Waals surface area contributed by atoms with Crippen LogP contribution in [0.4, 0.5) is 0 Å². The zero-order chi connectivity index (χ0) is 23.0. The van der Waals surface area contributed by atoms with E-state index in [-0.39, 0.29) is 22.8 Å². The second-order valence-electron chi connectivity index (χ2n) is 8.70. The minimum atomic E-state index is -0.817. The van der Waals surface area contributed by atoms with Gasteiger partial charge in [0, 0.05) is 26.0 Å². The third-order valence-electron chi connectivity index (χ3n) is 5.80. The van der Waals surface area contributed by atoms with E-state index < -0.39 is 17.3 Å². The van der Waals surface area contributed by atoms with Crippen LogP contribution in [0.5, 0.6) is 0 Å². The predicted molar refractivity (Wildman–Crippen MR) is 125 cm³/mol. The molecule has 0 bridgehead atoms. The van der Waals surface area contributed by atoms with Crippen LogP contribution in [0, 0.1) is 5.92 Å². The molecule has 174 valence electrons. The number of rotatable bonds is 10. The van der Waals surface area contributed by atoms with E-state index in [0.717, 1.165) is 12.0 Å². The van der Waals surface area contributed by atoms with Gasteiger partial charge in [-0.2, -0.15) is 0 Å². The maximum Gasteiger partial charge on any atom is 0.244 e. The summed E-state index contributed by atoms with van der Waals surface area (Å²) in [5.41, 5.74) is 0.244. The summed E-state index contributed by atoms with van der Waals surface area (Å²) < 4.78 is 11.4. The van der Waals surface area contributed by atoms with Gasteiger partial charge in [0.05, 0.1) is 16.7 Å². The molecule has 5 atom stereocenters. The van der Waals surface area contributed by atoms with Crippen LogP contribution in [-0.2, 0) is 19.1 Å². The fourth-order valence-corrected chi connectivity index (χ4v) is 4.98. The SMILES string of the molecule is CCCCCCC(C)C=C(C)C=CC(=O)NC1CC2(C=C(Cl)C(=O)C(Cl)C2)OC1OC. The highest BCUT2D eigenvalue weighted by molar-refractivity contribution is 6.48. The Bertz CT molecular complexity index is 733. The molecule has 1 N–H and O–H groups in total. The van der Waals surface area contributed by atoms with Crippen LogP contribution in [0.25, 0.3) is 0 Å². The van der Waals surface area contributed by atoms with Crippen molar-refractivity contribution in [3.05, 3.63) is 34.9 Å². The summed E-state index contributed by atoms with van der Waals surface area (Å²) in [5.74, 6) is -0.0381. The van der Waals surface area contributed by atoms with Gasteiger partial charge in [-0.15, -0.1) is 11.6 Å². The summed E-state index contributed by atoms with van der Waals surface area (Å²) in [6.45, 7) is 6.43. The van der Waals surface area contributed by atoms with Gasteiger partial charge in [0.15, 0.2) is 12.1 Å². The molecule has 0 radical (unpaired) electrons. The number of unbranched alkanes of at least 4 members (excludes halogenated alkanes) is 3. The van der Waals surface area contributed by atoms with Gasteiger partial charge in [0.1, 0.15) is 5.38 Å². The van der Waals surface area contributed by atoms with Crippen molar-refractivity contribution in [2.75, 3.05) is 7.11 Å².